The first-order valence-corrected chi connectivity index (χ1v) is 13.7. The third-order valence-electron chi connectivity index (χ3n) is 7.95. The van der Waals surface area contributed by atoms with Gasteiger partial charge in [-0.15, -0.1) is 0 Å². The van der Waals surface area contributed by atoms with Crippen LogP contribution in [-0.2, 0) is 0 Å². The number of rotatable bonds is 6. The van der Waals surface area contributed by atoms with Gasteiger partial charge in [0, 0.05) is 50.3 Å². The van der Waals surface area contributed by atoms with Gasteiger partial charge >= 0.3 is 6.09 Å². The standard InChI is InChI=1S/C29H32ClFN4O4/c1-17(36)23-15-32-26-7-4-19(20-13-24(30)28(37)25(31)14-20)12-22(26)27(23)33-21-5-2-18(3-6-21)16-34-8-10-35(11-9-34)29(38)39/h4,7,12-15,18,21,37H,2-3,5-6,8-11,16H2,1H3,(H,32,33)(H,38,39)/t18-,21-. The van der Waals surface area contributed by atoms with Gasteiger partial charge in [-0.05, 0) is 73.9 Å². The number of hydrogen-bond donors (Lipinski definition) is 3. The van der Waals surface area contributed by atoms with Gasteiger partial charge in [-0.1, -0.05) is 17.7 Å². The number of ketones is 1. The molecule has 1 aromatic heterocycles. The van der Waals surface area contributed by atoms with Crippen LogP contribution in [0.1, 0.15) is 43.0 Å². The molecule has 0 radical (unpaired) electrons. The molecule has 1 amide bonds. The third-order valence-corrected chi connectivity index (χ3v) is 8.24. The molecule has 1 saturated carbocycles. The van der Waals surface area contributed by atoms with E-state index in [0.717, 1.165) is 56.4 Å². The van der Waals surface area contributed by atoms with Gasteiger partial charge in [-0.2, -0.15) is 0 Å². The summed E-state index contributed by atoms with van der Waals surface area (Å²) in [6.45, 7) is 5.16. The molecule has 2 heterocycles. The van der Waals surface area contributed by atoms with E-state index in [1.54, 1.807) is 6.20 Å². The number of carbonyl (C=O) groups excluding carboxylic acids is 1. The first-order valence-electron chi connectivity index (χ1n) is 13.3. The van der Waals surface area contributed by atoms with Crippen LogP contribution in [0, 0.1) is 11.7 Å². The fraction of sp³-hybridized carbons (Fsp3) is 0.414. The molecule has 2 aromatic carbocycles. The highest BCUT2D eigenvalue weighted by molar-refractivity contribution is 6.32. The van der Waals surface area contributed by atoms with Crippen molar-refractivity contribution in [2.45, 2.75) is 38.6 Å². The summed E-state index contributed by atoms with van der Waals surface area (Å²) in [5.74, 6) is -0.916. The summed E-state index contributed by atoms with van der Waals surface area (Å²) in [4.78, 5) is 32.0. The molecule has 0 atom stereocenters. The predicted molar refractivity (Wildman–Crippen MR) is 149 cm³/mol. The summed E-state index contributed by atoms with van der Waals surface area (Å²) >= 11 is 6.02. The van der Waals surface area contributed by atoms with Crippen LogP contribution in [0.5, 0.6) is 5.75 Å². The van der Waals surface area contributed by atoms with Gasteiger partial charge in [0.15, 0.2) is 17.3 Å². The SMILES string of the molecule is CC(=O)c1cnc2ccc(-c3cc(F)c(O)c(Cl)c3)cc2c1N[C@H]1CC[C@H](CN2CCN(C(=O)O)CC2)CC1. The molecular weight excluding hydrogens is 523 g/mol. The number of phenols is 1. The average molecular weight is 555 g/mol. The topological polar surface area (TPSA) is 106 Å². The Morgan fingerprint density at radius 2 is 1.79 bits per heavy atom. The molecule has 206 valence electrons. The second-order valence-corrected chi connectivity index (χ2v) is 11.0. The number of halogens is 2. The van der Waals surface area contributed by atoms with Crippen molar-refractivity contribution in [3.8, 4) is 16.9 Å². The number of nitrogens with zero attached hydrogens (tertiary/aromatic N) is 3. The smallest absolute Gasteiger partial charge is 0.407 e. The van der Waals surface area contributed by atoms with Gasteiger partial charge in [-0.3, -0.25) is 14.7 Å². The van der Waals surface area contributed by atoms with E-state index >= 15 is 0 Å². The number of anilines is 1. The number of carbonyl (C=O) groups is 2. The monoisotopic (exact) mass is 554 g/mol. The van der Waals surface area contributed by atoms with Crippen LogP contribution in [0.25, 0.3) is 22.0 Å². The van der Waals surface area contributed by atoms with Crippen molar-refractivity contribution in [1.29, 1.82) is 0 Å². The molecule has 3 N–H and O–H groups in total. The van der Waals surface area contributed by atoms with E-state index in [2.05, 4.69) is 15.2 Å². The van der Waals surface area contributed by atoms with Crippen molar-refractivity contribution < 1.29 is 24.2 Å². The summed E-state index contributed by atoms with van der Waals surface area (Å²) in [7, 11) is 0. The minimum absolute atomic E-state index is 0.0698. The van der Waals surface area contributed by atoms with Crippen LogP contribution < -0.4 is 5.32 Å². The Hall–Kier alpha value is -3.43. The molecule has 0 unspecified atom stereocenters. The fourth-order valence-electron chi connectivity index (χ4n) is 5.71. The van der Waals surface area contributed by atoms with Gasteiger partial charge in [0.1, 0.15) is 0 Å². The zero-order valence-corrected chi connectivity index (χ0v) is 22.5. The largest absolute Gasteiger partial charge is 0.504 e. The average Bonchev–Trinajstić information content (AvgIpc) is 2.92. The van der Waals surface area contributed by atoms with Crippen LogP contribution in [0.2, 0.25) is 5.02 Å². The van der Waals surface area contributed by atoms with E-state index < -0.39 is 17.7 Å². The molecule has 0 spiro atoms. The number of aromatic hydroxyl groups is 1. The molecule has 2 aliphatic rings. The number of phenolic OH excluding ortho intramolecular Hbond substituents is 1. The second-order valence-electron chi connectivity index (χ2n) is 10.6. The molecular formula is C29H32ClFN4O4. The Morgan fingerprint density at radius 1 is 1.08 bits per heavy atom. The summed E-state index contributed by atoms with van der Waals surface area (Å²) in [5, 5.41) is 23.2. The van der Waals surface area contributed by atoms with Crippen LogP contribution in [0.3, 0.4) is 0 Å². The summed E-state index contributed by atoms with van der Waals surface area (Å²) in [5.41, 5.74) is 3.16. The zero-order valence-electron chi connectivity index (χ0n) is 21.8. The van der Waals surface area contributed by atoms with E-state index in [1.807, 2.05) is 18.2 Å². The number of fused-ring (bicyclic) bond motifs is 1. The van der Waals surface area contributed by atoms with E-state index in [9.17, 15) is 19.1 Å². The van der Waals surface area contributed by atoms with E-state index in [-0.39, 0.29) is 16.8 Å². The van der Waals surface area contributed by atoms with E-state index in [0.29, 0.717) is 41.2 Å². The number of nitrogens with one attached hydrogen (secondary N) is 1. The number of carboxylic acid groups (broad SMARTS) is 1. The first-order chi connectivity index (χ1) is 18.7. The number of amides is 1. The normalized spacial score (nSPS) is 20.2. The molecule has 1 saturated heterocycles. The lowest BCUT2D eigenvalue weighted by molar-refractivity contribution is 0.0936. The van der Waals surface area contributed by atoms with Gasteiger partial charge in [0.2, 0.25) is 0 Å². The Morgan fingerprint density at radius 3 is 2.44 bits per heavy atom. The predicted octanol–water partition coefficient (Wildman–Crippen LogP) is 5.87. The lowest BCUT2D eigenvalue weighted by Crippen LogP contribution is -2.49. The highest BCUT2D eigenvalue weighted by Gasteiger charge is 2.27. The molecule has 5 rings (SSSR count). The van der Waals surface area contributed by atoms with Crippen LogP contribution in [0.4, 0.5) is 14.9 Å². The zero-order chi connectivity index (χ0) is 27.7. The molecule has 0 bridgehead atoms. The lowest BCUT2D eigenvalue weighted by Gasteiger charge is -2.37. The molecule has 39 heavy (non-hydrogen) atoms. The maximum absolute atomic E-state index is 14.2. The lowest BCUT2D eigenvalue weighted by atomic mass is 9.85. The molecule has 3 aromatic rings. The van der Waals surface area contributed by atoms with E-state index in [1.165, 1.54) is 24.0 Å². The minimum atomic E-state index is -0.846. The Labute approximate surface area is 231 Å². The van der Waals surface area contributed by atoms with Gasteiger partial charge < -0.3 is 20.4 Å². The number of aromatic nitrogens is 1. The van der Waals surface area contributed by atoms with Crippen molar-refractivity contribution in [3.05, 3.63) is 52.9 Å². The minimum Gasteiger partial charge on any atom is -0.504 e. The fourth-order valence-corrected chi connectivity index (χ4v) is 5.91. The quantitative estimate of drug-likeness (QED) is 0.327. The number of hydrogen-bond acceptors (Lipinski definition) is 6. The van der Waals surface area contributed by atoms with Crippen LogP contribution >= 0.6 is 11.6 Å². The van der Waals surface area contributed by atoms with Gasteiger partial charge in [-0.25, -0.2) is 9.18 Å². The third kappa shape index (κ3) is 5.94. The maximum Gasteiger partial charge on any atom is 0.407 e. The molecule has 1 aliphatic carbocycles. The molecule has 8 nitrogen and oxygen atoms in total. The van der Waals surface area contributed by atoms with Crippen molar-refractivity contribution in [1.82, 2.24) is 14.8 Å². The number of Topliss-reactive ketones (excluding diaryl/α,β-unsaturated/α-hetero) is 1. The molecule has 2 fully saturated rings. The second kappa shape index (κ2) is 11.4. The Bertz CT molecular complexity index is 1380. The number of benzene rings is 2. The maximum atomic E-state index is 14.2. The molecule has 1 aliphatic heterocycles. The Kier molecular flexibility index (Phi) is 7.91. The van der Waals surface area contributed by atoms with Crippen molar-refractivity contribution in [2.24, 2.45) is 5.92 Å². The van der Waals surface area contributed by atoms with Gasteiger partial charge in [0.05, 0.1) is 21.8 Å². The molecule has 10 heteroatoms. The first kappa shape index (κ1) is 27.1. The summed E-state index contributed by atoms with van der Waals surface area (Å²) in [6.07, 6.45) is 4.77. The van der Waals surface area contributed by atoms with Crippen molar-refractivity contribution in [2.75, 3.05) is 38.0 Å². The highest BCUT2D eigenvalue weighted by atomic mass is 35.5. The highest BCUT2D eigenvalue weighted by Crippen LogP contribution is 2.37. The van der Waals surface area contributed by atoms with Crippen molar-refractivity contribution >= 4 is 40.1 Å². The number of piperazine rings is 1. The van der Waals surface area contributed by atoms with E-state index in [4.69, 9.17) is 16.7 Å². The van der Waals surface area contributed by atoms with Crippen molar-refractivity contribution in [3.63, 3.8) is 0 Å². The van der Waals surface area contributed by atoms with Crippen LogP contribution in [-0.4, -0.2) is 75.6 Å². The summed E-state index contributed by atoms with van der Waals surface area (Å²) in [6, 6.07) is 8.47. The summed E-state index contributed by atoms with van der Waals surface area (Å²) < 4.78 is 14.2. The Balaban J connectivity index is 1.32. The van der Waals surface area contributed by atoms with Crippen LogP contribution in [0.15, 0.2) is 36.5 Å². The van der Waals surface area contributed by atoms with Gasteiger partial charge in [0.25, 0.3) is 0 Å². The number of pyridine rings is 1.